The number of fused-ring (bicyclic) bond motifs is 3. The highest BCUT2D eigenvalue weighted by molar-refractivity contribution is 5.63. The van der Waals surface area contributed by atoms with Crippen LogP contribution >= 0.6 is 0 Å². The number of nitrogens with two attached hydrogens (primary N) is 1. The molecule has 2 saturated carbocycles. The number of rotatable bonds is 4. The van der Waals surface area contributed by atoms with Crippen molar-refractivity contribution in [2.45, 2.75) is 69.4 Å². The number of alkyl halides is 3. The van der Waals surface area contributed by atoms with Gasteiger partial charge < -0.3 is 10.6 Å². The summed E-state index contributed by atoms with van der Waals surface area (Å²) < 4.78 is 42.0. The van der Waals surface area contributed by atoms with E-state index >= 15 is 0 Å². The molecule has 0 amide bonds. The maximum atomic E-state index is 13.3. The largest absolute Gasteiger partial charge is 0.419 e. The fraction of sp³-hybridized carbons (Fsp3) is 0.667. The molecule has 6 nitrogen and oxygen atoms in total. The van der Waals surface area contributed by atoms with Crippen molar-refractivity contribution in [2.24, 2.45) is 11.8 Å². The van der Waals surface area contributed by atoms with Crippen molar-refractivity contribution in [2.75, 3.05) is 25.9 Å². The van der Waals surface area contributed by atoms with Crippen LogP contribution in [0.15, 0.2) is 18.3 Å². The molecule has 4 aliphatic rings. The summed E-state index contributed by atoms with van der Waals surface area (Å²) in [5.74, 6) is 1.27. The molecular weight excluding hydrogens is 429 g/mol. The van der Waals surface area contributed by atoms with Crippen LogP contribution < -0.4 is 5.73 Å². The summed E-state index contributed by atoms with van der Waals surface area (Å²) in [6.07, 6.45) is 0.614. The van der Waals surface area contributed by atoms with E-state index in [9.17, 15) is 13.2 Å². The highest BCUT2D eigenvalue weighted by atomic mass is 19.4. The molecule has 2 bridgehead atoms. The molecule has 0 aromatic carbocycles. The molecule has 2 aliphatic carbocycles. The molecule has 2 unspecified atom stereocenters. The predicted octanol–water partition coefficient (Wildman–Crippen LogP) is 4.01. The van der Waals surface area contributed by atoms with Gasteiger partial charge in [0.1, 0.15) is 5.82 Å². The molecule has 4 heterocycles. The number of piperazine rings is 1. The van der Waals surface area contributed by atoms with Gasteiger partial charge in [0.15, 0.2) is 0 Å². The summed E-state index contributed by atoms with van der Waals surface area (Å²) in [7, 11) is 2.24. The van der Waals surface area contributed by atoms with Crippen LogP contribution in [0.3, 0.4) is 0 Å². The number of nitrogen functional groups attached to an aromatic ring is 1. The third-order valence-electron chi connectivity index (χ3n) is 8.56. The van der Waals surface area contributed by atoms with Crippen molar-refractivity contribution >= 4 is 5.82 Å². The quantitative estimate of drug-likeness (QED) is 0.747. The zero-order valence-corrected chi connectivity index (χ0v) is 19.3. The van der Waals surface area contributed by atoms with Gasteiger partial charge in [-0.25, -0.2) is 4.98 Å². The van der Waals surface area contributed by atoms with Crippen molar-refractivity contribution in [1.29, 1.82) is 0 Å². The smallest absolute Gasteiger partial charge is 0.383 e. The van der Waals surface area contributed by atoms with Gasteiger partial charge in [0.2, 0.25) is 0 Å². The molecule has 33 heavy (non-hydrogen) atoms. The van der Waals surface area contributed by atoms with Gasteiger partial charge in [-0.05, 0) is 64.1 Å². The van der Waals surface area contributed by atoms with E-state index in [1.54, 1.807) is 0 Å². The van der Waals surface area contributed by atoms with E-state index in [1.165, 1.54) is 38.5 Å². The van der Waals surface area contributed by atoms with Gasteiger partial charge in [0.25, 0.3) is 0 Å². The van der Waals surface area contributed by atoms with Crippen LogP contribution in [0.4, 0.5) is 19.0 Å². The van der Waals surface area contributed by atoms with E-state index in [1.807, 2.05) is 10.7 Å². The molecule has 2 aliphatic heterocycles. The Kier molecular flexibility index (Phi) is 4.66. The average molecular weight is 461 g/mol. The number of likely N-dealkylation sites (N-methyl/N-ethyl adjacent to an activating group) is 1. The second-order valence-electron chi connectivity index (χ2n) is 10.8. The Labute approximate surface area is 191 Å². The van der Waals surface area contributed by atoms with Crippen LogP contribution in [0.25, 0.3) is 11.3 Å². The van der Waals surface area contributed by atoms with Gasteiger partial charge in [0.05, 0.1) is 11.3 Å². The van der Waals surface area contributed by atoms with E-state index < -0.39 is 17.6 Å². The van der Waals surface area contributed by atoms with Crippen LogP contribution in [-0.2, 0) is 6.18 Å². The lowest BCUT2D eigenvalue weighted by molar-refractivity contribution is -0.137. The highest BCUT2D eigenvalue weighted by Gasteiger charge is 2.60. The minimum absolute atomic E-state index is 0.138. The predicted molar refractivity (Wildman–Crippen MR) is 120 cm³/mol. The number of aromatic nitrogens is 3. The number of likely N-dealkylation sites (tertiary alicyclic amines) is 2. The first kappa shape index (κ1) is 21.4. The van der Waals surface area contributed by atoms with E-state index in [0.29, 0.717) is 35.1 Å². The van der Waals surface area contributed by atoms with E-state index in [2.05, 4.69) is 35.7 Å². The lowest BCUT2D eigenvalue weighted by Gasteiger charge is -2.37. The second kappa shape index (κ2) is 7.18. The van der Waals surface area contributed by atoms with Crippen LogP contribution in [0.5, 0.6) is 0 Å². The van der Waals surface area contributed by atoms with Gasteiger partial charge >= 0.3 is 6.18 Å². The Hall–Kier alpha value is -2.13. The first-order chi connectivity index (χ1) is 15.6. The minimum Gasteiger partial charge on any atom is -0.383 e. The molecule has 9 heteroatoms. The molecule has 0 radical (unpaired) electrons. The molecule has 0 spiro atoms. The first-order valence-electron chi connectivity index (χ1n) is 12.0. The number of nitrogens with zero attached hydrogens (tertiary/aromatic N) is 5. The van der Waals surface area contributed by atoms with Gasteiger partial charge in [-0.15, -0.1) is 0 Å². The van der Waals surface area contributed by atoms with Crippen LogP contribution in [0.1, 0.15) is 56.3 Å². The fourth-order valence-electron chi connectivity index (χ4n) is 6.92. The lowest BCUT2D eigenvalue weighted by Crippen LogP contribution is -2.48. The number of hydrogen-bond donors (Lipinski definition) is 1. The summed E-state index contributed by atoms with van der Waals surface area (Å²) >= 11 is 0. The monoisotopic (exact) mass is 460 g/mol. The fourth-order valence-corrected chi connectivity index (χ4v) is 6.92. The van der Waals surface area contributed by atoms with Crippen molar-refractivity contribution in [3.63, 3.8) is 0 Å². The topological polar surface area (TPSA) is 63.2 Å². The number of anilines is 1. The maximum absolute atomic E-state index is 13.3. The van der Waals surface area contributed by atoms with Gasteiger partial charge in [-0.1, -0.05) is 0 Å². The zero-order chi connectivity index (χ0) is 23.2. The standard InChI is InChI=1S/C24H31F3N6/c1-12(2)33-21(8-20(30-33)13-4-19(24(25,26)27)23(28)29-9-13)22-17-6-14(7-18(17)22)32-11-15-5-16(32)10-31(15)3/h4,8-9,12,14-18,22H,5-7,10-11H2,1-3H3,(H2,28,29)/t14?,15-,16-,17-,18+,22?/m0/s1. The van der Waals surface area contributed by atoms with Crippen molar-refractivity contribution in [3.8, 4) is 11.3 Å². The number of pyridine rings is 1. The molecule has 178 valence electrons. The third kappa shape index (κ3) is 3.38. The van der Waals surface area contributed by atoms with Gasteiger partial charge in [0, 0.05) is 60.6 Å². The third-order valence-corrected chi connectivity index (χ3v) is 8.56. The van der Waals surface area contributed by atoms with Gasteiger partial charge in [-0.3, -0.25) is 9.58 Å². The Morgan fingerprint density at radius 1 is 1.03 bits per heavy atom. The SMILES string of the molecule is CC(C)n1nc(-c2cnc(N)c(C(F)(F)F)c2)cc1C1[C@H]2CC(N3C[C@@H]4C[C@H]3CN4C)C[C@@H]12. The van der Waals surface area contributed by atoms with Crippen molar-refractivity contribution in [3.05, 3.63) is 29.6 Å². The first-order valence-corrected chi connectivity index (χ1v) is 12.0. The van der Waals surface area contributed by atoms with E-state index in [4.69, 9.17) is 10.8 Å². The lowest BCUT2D eigenvalue weighted by atomic mass is 10.0. The Morgan fingerprint density at radius 2 is 1.76 bits per heavy atom. The van der Waals surface area contributed by atoms with Crippen molar-refractivity contribution < 1.29 is 13.2 Å². The van der Waals surface area contributed by atoms with E-state index in [0.717, 1.165) is 23.8 Å². The molecule has 2 saturated heterocycles. The maximum Gasteiger partial charge on any atom is 0.419 e. The molecule has 6 rings (SSSR count). The Bertz CT molecular complexity index is 1060. The highest BCUT2D eigenvalue weighted by Crippen LogP contribution is 2.64. The van der Waals surface area contributed by atoms with E-state index in [-0.39, 0.29) is 6.04 Å². The van der Waals surface area contributed by atoms with Crippen LogP contribution in [-0.4, -0.2) is 62.8 Å². The Morgan fingerprint density at radius 3 is 2.33 bits per heavy atom. The number of halogens is 3. The second-order valence-corrected chi connectivity index (χ2v) is 10.8. The average Bonchev–Trinajstić information content (AvgIpc) is 3.28. The van der Waals surface area contributed by atoms with Crippen LogP contribution in [0.2, 0.25) is 0 Å². The molecule has 2 N–H and O–H groups in total. The van der Waals surface area contributed by atoms with Crippen molar-refractivity contribution in [1.82, 2.24) is 24.6 Å². The normalized spacial score (nSPS) is 33.9. The molecular formula is C24H31F3N6. The molecule has 2 aromatic heterocycles. The van der Waals surface area contributed by atoms with Crippen LogP contribution in [0, 0.1) is 11.8 Å². The minimum atomic E-state index is -4.54. The van der Waals surface area contributed by atoms with Gasteiger partial charge in [-0.2, -0.15) is 18.3 Å². The zero-order valence-electron chi connectivity index (χ0n) is 19.3. The molecule has 6 atom stereocenters. The molecule has 2 aromatic rings. The summed E-state index contributed by atoms with van der Waals surface area (Å²) in [4.78, 5) is 9.06. The summed E-state index contributed by atoms with van der Waals surface area (Å²) in [5.41, 5.74) is 6.64. The molecule has 4 fully saturated rings. The summed E-state index contributed by atoms with van der Waals surface area (Å²) in [6.45, 7) is 6.54. The summed E-state index contributed by atoms with van der Waals surface area (Å²) in [5, 5.41) is 4.71. The number of hydrogen-bond acceptors (Lipinski definition) is 5. The Balaban J connectivity index is 1.23. The summed E-state index contributed by atoms with van der Waals surface area (Å²) in [6, 6.07) is 5.32.